The summed E-state index contributed by atoms with van der Waals surface area (Å²) < 4.78 is 0.986. The molecule has 1 amide bonds. The maximum atomic E-state index is 12.1. The van der Waals surface area contributed by atoms with Crippen molar-refractivity contribution >= 4 is 39.0 Å². The molecule has 0 saturated heterocycles. The Bertz CT molecular complexity index is 871. The molecule has 1 aromatic carbocycles. The number of halogens is 1. The van der Waals surface area contributed by atoms with Gasteiger partial charge in [0.2, 0.25) is 5.91 Å². The molecule has 5 nitrogen and oxygen atoms in total. The number of hydrogen-bond donors (Lipinski definition) is 2. The number of amides is 1. The van der Waals surface area contributed by atoms with E-state index in [1.165, 1.54) is 0 Å². The molecule has 2 aromatic heterocycles. The number of hydrazone groups is 1. The number of benzene rings is 1. The number of aryl methyl sites for hydroxylation is 1. The lowest BCUT2D eigenvalue weighted by Crippen LogP contribution is -2.20. The van der Waals surface area contributed by atoms with Crippen LogP contribution in [-0.2, 0) is 11.2 Å². The van der Waals surface area contributed by atoms with Crippen molar-refractivity contribution in [2.75, 3.05) is 0 Å². The molecule has 3 rings (SSSR count). The van der Waals surface area contributed by atoms with E-state index in [0.717, 1.165) is 32.2 Å². The molecule has 0 bridgehead atoms. The molecule has 0 aliphatic heterocycles. The Labute approximate surface area is 142 Å². The second-order valence-corrected chi connectivity index (χ2v) is 6.09. The quantitative estimate of drug-likeness (QED) is 0.546. The van der Waals surface area contributed by atoms with E-state index < -0.39 is 0 Å². The zero-order valence-electron chi connectivity index (χ0n) is 12.5. The van der Waals surface area contributed by atoms with Gasteiger partial charge in [0.05, 0.1) is 12.6 Å². The molecule has 116 valence electrons. The molecule has 0 spiro atoms. The lowest BCUT2D eigenvalue weighted by atomic mass is 10.1. The number of fused-ring (bicyclic) bond motifs is 1. The van der Waals surface area contributed by atoms with E-state index in [2.05, 4.69) is 36.4 Å². The van der Waals surface area contributed by atoms with Crippen LogP contribution in [0.1, 0.15) is 16.8 Å². The number of H-pyrrole nitrogens is 1. The SMILES string of the molecule is Cc1[nH]c2ccc(Br)cc2c1CC(=O)N/N=C\c1cccnc1. The van der Waals surface area contributed by atoms with Crippen molar-refractivity contribution in [3.8, 4) is 0 Å². The maximum Gasteiger partial charge on any atom is 0.244 e. The molecule has 2 N–H and O–H groups in total. The second-order valence-electron chi connectivity index (χ2n) is 5.17. The minimum Gasteiger partial charge on any atom is -0.358 e. The molecule has 6 heteroatoms. The zero-order valence-corrected chi connectivity index (χ0v) is 14.1. The van der Waals surface area contributed by atoms with Crippen molar-refractivity contribution in [2.45, 2.75) is 13.3 Å². The fraction of sp³-hybridized carbons (Fsp3) is 0.118. The van der Waals surface area contributed by atoms with E-state index in [9.17, 15) is 4.79 Å². The van der Waals surface area contributed by atoms with Gasteiger partial charge in [-0.25, -0.2) is 5.43 Å². The van der Waals surface area contributed by atoms with Crippen molar-refractivity contribution < 1.29 is 4.79 Å². The molecule has 0 saturated carbocycles. The Kier molecular flexibility index (Phi) is 4.52. The third kappa shape index (κ3) is 3.65. The molecular weight excluding hydrogens is 356 g/mol. The van der Waals surface area contributed by atoms with Gasteiger partial charge < -0.3 is 4.98 Å². The summed E-state index contributed by atoms with van der Waals surface area (Å²) >= 11 is 3.47. The Balaban J connectivity index is 1.72. The standard InChI is InChI=1S/C17H15BrN4O/c1-11-14(15-7-13(18)4-5-16(15)21-11)8-17(23)22-20-10-12-3-2-6-19-9-12/h2-7,9-10,21H,8H2,1H3,(H,22,23)/b20-10-. The highest BCUT2D eigenvalue weighted by molar-refractivity contribution is 9.10. The summed E-state index contributed by atoms with van der Waals surface area (Å²) in [5.41, 5.74) is 6.38. The number of carbonyl (C=O) groups excluding carboxylic acids is 1. The van der Waals surface area contributed by atoms with Crippen molar-refractivity contribution in [3.05, 3.63) is 64.0 Å². The van der Waals surface area contributed by atoms with Crippen LogP contribution in [-0.4, -0.2) is 22.1 Å². The van der Waals surface area contributed by atoms with Gasteiger partial charge >= 0.3 is 0 Å². The van der Waals surface area contributed by atoms with Gasteiger partial charge in [0, 0.05) is 39.0 Å². The van der Waals surface area contributed by atoms with Crippen LogP contribution >= 0.6 is 15.9 Å². The Hall–Kier alpha value is -2.47. The average molecular weight is 371 g/mol. The van der Waals surface area contributed by atoms with Gasteiger partial charge in [-0.3, -0.25) is 9.78 Å². The van der Waals surface area contributed by atoms with Crippen LogP contribution in [0.2, 0.25) is 0 Å². The van der Waals surface area contributed by atoms with Gasteiger partial charge in [-0.2, -0.15) is 5.10 Å². The van der Waals surface area contributed by atoms with Crippen LogP contribution in [0.5, 0.6) is 0 Å². The first-order chi connectivity index (χ1) is 11.1. The van der Waals surface area contributed by atoms with Crippen LogP contribution < -0.4 is 5.43 Å². The fourth-order valence-corrected chi connectivity index (χ4v) is 2.77. The number of nitrogens with zero attached hydrogens (tertiary/aromatic N) is 2. The third-order valence-corrected chi connectivity index (χ3v) is 4.00. The summed E-state index contributed by atoms with van der Waals surface area (Å²) in [6.45, 7) is 1.97. The topological polar surface area (TPSA) is 70.1 Å². The molecule has 0 unspecified atom stereocenters. The highest BCUT2D eigenvalue weighted by Gasteiger charge is 2.12. The summed E-state index contributed by atoms with van der Waals surface area (Å²) in [7, 11) is 0. The van der Waals surface area contributed by atoms with Crippen molar-refractivity contribution in [3.63, 3.8) is 0 Å². The summed E-state index contributed by atoms with van der Waals surface area (Å²) in [5.74, 6) is -0.158. The van der Waals surface area contributed by atoms with Crippen LogP contribution in [0.3, 0.4) is 0 Å². The fourth-order valence-electron chi connectivity index (χ4n) is 2.41. The molecule has 0 aliphatic rings. The highest BCUT2D eigenvalue weighted by Crippen LogP contribution is 2.25. The second kappa shape index (κ2) is 6.75. The zero-order chi connectivity index (χ0) is 16.2. The van der Waals surface area contributed by atoms with Crippen LogP contribution in [0, 0.1) is 6.92 Å². The van der Waals surface area contributed by atoms with E-state index in [1.807, 2.05) is 37.3 Å². The molecule has 0 radical (unpaired) electrons. The lowest BCUT2D eigenvalue weighted by molar-refractivity contribution is -0.120. The number of carbonyl (C=O) groups is 1. The number of pyridine rings is 1. The van der Waals surface area contributed by atoms with E-state index in [4.69, 9.17) is 0 Å². The van der Waals surface area contributed by atoms with E-state index in [1.54, 1.807) is 18.6 Å². The molecule has 3 aromatic rings. The molecule has 0 atom stereocenters. The van der Waals surface area contributed by atoms with Gasteiger partial charge in [-0.1, -0.05) is 22.0 Å². The minimum atomic E-state index is -0.158. The van der Waals surface area contributed by atoms with Gasteiger partial charge in [-0.05, 0) is 36.8 Å². The molecule has 2 heterocycles. The molecule has 0 aliphatic carbocycles. The first kappa shape index (κ1) is 15.4. The number of aromatic nitrogens is 2. The minimum absolute atomic E-state index is 0.158. The Morgan fingerprint density at radius 2 is 2.30 bits per heavy atom. The lowest BCUT2D eigenvalue weighted by Gasteiger charge is -2.01. The Morgan fingerprint density at radius 1 is 1.43 bits per heavy atom. The van der Waals surface area contributed by atoms with E-state index in [0.29, 0.717) is 0 Å². The molecule has 0 fully saturated rings. The predicted molar refractivity (Wildman–Crippen MR) is 94.4 cm³/mol. The van der Waals surface area contributed by atoms with Crippen LogP contribution in [0.25, 0.3) is 10.9 Å². The number of rotatable bonds is 4. The number of nitrogens with one attached hydrogen (secondary N) is 2. The number of aromatic amines is 1. The van der Waals surface area contributed by atoms with Gasteiger partial charge in [0.25, 0.3) is 0 Å². The highest BCUT2D eigenvalue weighted by atomic mass is 79.9. The largest absolute Gasteiger partial charge is 0.358 e. The molecule has 23 heavy (non-hydrogen) atoms. The van der Waals surface area contributed by atoms with E-state index in [-0.39, 0.29) is 12.3 Å². The number of hydrogen-bond acceptors (Lipinski definition) is 3. The monoisotopic (exact) mass is 370 g/mol. The van der Waals surface area contributed by atoms with Gasteiger partial charge in [-0.15, -0.1) is 0 Å². The average Bonchev–Trinajstić information content (AvgIpc) is 2.84. The molecular formula is C17H15BrN4O. The van der Waals surface area contributed by atoms with Crippen molar-refractivity contribution in [2.24, 2.45) is 5.10 Å². The third-order valence-electron chi connectivity index (χ3n) is 3.51. The Morgan fingerprint density at radius 3 is 3.09 bits per heavy atom. The maximum absolute atomic E-state index is 12.1. The normalized spacial score (nSPS) is 11.2. The van der Waals surface area contributed by atoms with E-state index >= 15 is 0 Å². The van der Waals surface area contributed by atoms with Crippen LogP contribution in [0.15, 0.2) is 52.3 Å². The van der Waals surface area contributed by atoms with Crippen LogP contribution in [0.4, 0.5) is 0 Å². The summed E-state index contributed by atoms with van der Waals surface area (Å²) in [6, 6.07) is 9.66. The first-order valence-electron chi connectivity index (χ1n) is 7.12. The first-order valence-corrected chi connectivity index (χ1v) is 7.91. The predicted octanol–water partition coefficient (Wildman–Crippen LogP) is 3.33. The summed E-state index contributed by atoms with van der Waals surface area (Å²) in [6.07, 6.45) is 5.21. The van der Waals surface area contributed by atoms with Crippen molar-refractivity contribution in [1.82, 2.24) is 15.4 Å². The smallest absolute Gasteiger partial charge is 0.244 e. The van der Waals surface area contributed by atoms with Crippen molar-refractivity contribution in [1.29, 1.82) is 0 Å². The van der Waals surface area contributed by atoms with Gasteiger partial charge in [0.1, 0.15) is 0 Å². The summed E-state index contributed by atoms with van der Waals surface area (Å²) in [4.78, 5) is 19.4. The van der Waals surface area contributed by atoms with Gasteiger partial charge in [0.15, 0.2) is 0 Å². The summed E-state index contributed by atoms with van der Waals surface area (Å²) in [5, 5.41) is 5.01.